The summed E-state index contributed by atoms with van der Waals surface area (Å²) in [6, 6.07) is 5.37. The van der Waals surface area contributed by atoms with Crippen molar-refractivity contribution in [3.63, 3.8) is 0 Å². The zero-order valence-electron chi connectivity index (χ0n) is 25.6. The maximum absolute atomic E-state index is 15.1. The smallest absolute Gasteiger partial charge is 0.341 e. The molecule has 2 saturated heterocycles. The van der Waals surface area contributed by atoms with E-state index in [4.69, 9.17) is 5.11 Å². The van der Waals surface area contributed by atoms with Gasteiger partial charge in [0.05, 0.1) is 16.7 Å². The predicted molar refractivity (Wildman–Crippen MR) is 168 cm³/mol. The third-order valence-electron chi connectivity index (χ3n) is 9.92. The average Bonchev–Trinajstić information content (AvgIpc) is 3.97. The average molecular weight is 651 g/mol. The molecule has 2 saturated carbocycles. The lowest BCUT2D eigenvalue weighted by molar-refractivity contribution is 0.0684. The van der Waals surface area contributed by atoms with Crippen LogP contribution in [0.25, 0.3) is 21.8 Å². The highest BCUT2D eigenvalue weighted by Crippen LogP contribution is 2.40. The summed E-state index contributed by atoms with van der Waals surface area (Å²) < 4.78 is 45.0. The van der Waals surface area contributed by atoms with Crippen molar-refractivity contribution in [2.24, 2.45) is 5.92 Å². The van der Waals surface area contributed by atoms with E-state index in [1.54, 1.807) is 10.6 Å². The molecule has 47 heavy (non-hydrogen) atoms. The molecule has 8 rings (SSSR count). The predicted octanol–water partition coefficient (Wildman–Crippen LogP) is 5.02. The van der Waals surface area contributed by atoms with Crippen LogP contribution in [0.3, 0.4) is 0 Å². The van der Waals surface area contributed by atoms with E-state index in [1.165, 1.54) is 24.9 Å². The van der Waals surface area contributed by atoms with Crippen molar-refractivity contribution in [1.29, 1.82) is 0 Å². The highest BCUT2D eigenvalue weighted by molar-refractivity contribution is 5.94. The van der Waals surface area contributed by atoms with E-state index in [1.807, 2.05) is 4.57 Å². The quantitative estimate of drug-likeness (QED) is 0.309. The topological polar surface area (TPSA) is 125 Å². The maximum atomic E-state index is 15.1. The van der Waals surface area contributed by atoms with Gasteiger partial charge in [-0.15, -0.1) is 0 Å². The number of carboxylic acid groups (broad SMARTS) is 2. The van der Waals surface area contributed by atoms with E-state index in [9.17, 15) is 33.1 Å². The van der Waals surface area contributed by atoms with Crippen molar-refractivity contribution in [3.8, 4) is 0 Å². The SMILES string of the molecule is CN1CCCC2CN(c3cc4c(cc3F)c(=O)c(C(=O)O)cn4C3CC3)CC21.O=C(O)c1cn(C2CC2)c2cc(F)c(F)cc2c1=O. The van der Waals surface area contributed by atoms with Crippen LogP contribution in [0.5, 0.6) is 0 Å². The lowest BCUT2D eigenvalue weighted by Gasteiger charge is -2.33. The Morgan fingerprint density at radius 3 is 1.74 bits per heavy atom. The fourth-order valence-electron chi connectivity index (χ4n) is 7.16. The molecule has 4 aromatic rings. The minimum absolute atomic E-state index is 0.0473. The molecule has 0 spiro atoms. The van der Waals surface area contributed by atoms with Gasteiger partial charge in [0.15, 0.2) is 11.6 Å². The Labute approximate surface area is 266 Å². The van der Waals surface area contributed by atoms with Gasteiger partial charge in [0.2, 0.25) is 10.9 Å². The fraction of sp³-hybridized carbons (Fsp3) is 0.412. The number of likely N-dealkylation sites (N-methyl/N-ethyl adjacent to an activating group) is 1. The van der Waals surface area contributed by atoms with Crippen molar-refractivity contribution in [1.82, 2.24) is 14.0 Å². The number of aromatic nitrogens is 2. The van der Waals surface area contributed by atoms with Crippen LogP contribution in [0.1, 0.15) is 71.3 Å². The first kappa shape index (κ1) is 31.0. The largest absolute Gasteiger partial charge is 0.477 e. The molecule has 2 atom stereocenters. The third-order valence-corrected chi connectivity index (χ3v) is 9.92. The summed E-state index contributed by atoms with van der Waals surface area (Å²) in [5.41, 5.74) is -0.732. The van der Waals surface area contributed by atoms with E-state index in [2.05, 4.69) is 16.8 Å². The highest BCUT2D eigenvalue weighted by Gasteiger charge is 2.38. The molecule has 2 N–H and O–H groups in total. The lowest BCUT2D eigenvalue weighted by Crippen LogP contribution is -2.42. The molecule has 4 heterocycles. The number of fused-ring (bicyclic) bond motifs is 3. The second-order valence-corrected chi connectivity index (χ2v) is 13.1. The number of pyridine rings is 2. The maximum Gasteiger partial charge on any atom is 0.341 e. The summed E-state index contributed by atoms with van der Waals surface area (Å²) in [5.74, 6) is -4.76. The van der Waals surface area contributed by atoms with Gasteiger partial charge in [0, 0.05) is 60.4 Å². The molecule has 4 aliphatic rings. The van der Waals surface area contributed by atoms with Crippen LogP contribution >= 0.6 is 0 Å². The summed E-state index contributed by atoms with van der Waals surface area (Å²) in [6.45, 7) is 2.68. The number of rotatable bonds is 5. The fourth-order valence-corrected chi connectivity index (χ4v) is 7.16. The molecule has 4 fully saturated rings. The van der Waals surface area contributed by atoms with Gasteiger partial charge in [-0.1, -0.05) is 0 Å². The molecule has 2 aromatic heterocycles. The molecular weight excluding hydrogens is 617 g/mol. The molecule has 13 heteroatoms. The van der Waals surface area contributed by atoms with Crippen LogP contribution in [-0.2, 0) is 0 Å². The number of hydrogen-bond acceptors (Lipinski definition) is 6. The number of hydrogen-bond donors (Lipinski definition) is 2. The van der Waals surface area contributed by atoms with E-state index in [0.29, 0.717) is 23.2 Å². The molecule has 10 nitrogen and oxygen atoms in total. The van der Waals surface area contributed by atoms with Gasteiger partial charge in [-0.2, -0.15) is 0 Å². The Kier molecular flexibility index (Phi) is 7.61. The number of anilines is 1. The van der Waals surface area contributed by atoms with Gasteiger partial charge in [0.1, 0.15) is 16.9 Å². The molecule has 2 aromatic carbocycles. The Hall–Kier alpha value is -4.65. The van der Waals surface area contributed by atoms with Crippen molar-refractivity contribution in [2.45, 2.75) is 56.7 Å². The minimum atomic E-state index is -1.37. The van der Waals surface area contributed by atoms with Crippen molar-refractivity contribution < 1.29 is 33.0 Å². The zero-order chi connectivity index (χ0) is 33.3. The van der Waals surface area contributed by atoms with Gasteiger partial charge < -0.3 is 29.1 Å². The lowest BCUT2D eigenvalue weighted by atomic mass is 9.93. The highest BCUT2D eigenvalue weighted by atomic mass is 19.2. The van der Waals surface area contributed by atoms with Crippen LogP contribution in [0.15, 0.2) is 46.2 Å². The van der Waals surface area contributed by atoms with Crippen molar-refractivity contribution in [3.05, 3.63) is 85.7 Å². The molecule has 0 radical (unpaired) electrons. The number of carboxylic acids is 2. The number of carbonyl (C=O) groups is 2. The number of likely N-dealkylation sites (tertiary alicyclic amines) is 1. The molecule has 2 aliphatic heterocycles. The Bertz CT molecular complexity index is 2090. The Morgan fingerprint density at radius 2 is 1.23 bits per heavy atom. The van der Waals surface area contributed by atoms with Crippen LogP contribution in [0.4, 0.5) is 18.9 Å². The summed E-state index contributed by atoms with van der Waals surface area (Å²) in [5, 5.41) is 18.4. The van der Waals surface area contributed by atoms with Crippen molar-refractivity contribution >= 4 is 39.4 Å². The Morgan fingerprint density at radius 1 is 0.723 bits per heavy atom. The number of nitrogens with zero attached hydrogens (tertiary/aromatic N) is 4. The van der Waals surface area contributed by atoms with Gasteiger partial charge in [0.25, 0.3) is 0 Å². The van der Waals surface area contributed by atoms with E-state index in [0.717, 1.165) is 63.9 Å². The molecule has 0 amide bonds. The van der Waals surface area contributed by atoms with Gasteiger partial charge in [-0.3, -0.25) is 9.59 Å². The number of benzene rings is 2. The molecule has 0 bridgehead atoms. The van der Waals surface area contributed by atoms with Crippen LogP contribution in [0.2, 0.25) is 0 Å². The summed E-state index contributed by atoms with van der Waals surface area (Å²) >= 11 is 0. The van der Waals surface area contributed by atoms with Crippen LogP contribution in [0, 0.1) is 23.4 Å². The molecule has 246 valence electrons. The number of piperidine rings is 1. The first-order chi connectivity index (χ1) is 22.4. The normalized spacial score (nSPS) is 21.1. The van der Waals surface area contributed by atoms with Crippen LogP contribution < -0.4 is 15.8 Å². The summed E-state index contributed by atoms with van der Waals surface area (Å²) in [6.07, 6.45) is 8.53. The third kappa shape index (κ3) is 5.56. The van der Waals surface area contributed by atoms with E-state index >= 15 is 4.39 Å². The van der Waals surface area contributed by atoms with Crippen molar-refractivity contribution in [2.75, 3.05) is 31.6 Å². The monoisotopic (exact) mass is 650 g/mol. The van der Waals surface area contributed by atoms with Gasteiger partial charge >= 0.3 is 11.9 Å². The second kappa shape index (κ2) is 11.5. The minimum Gasteiger partial charge on any atom is -0.477 e. The first-order valence-corrected chi connectivity index (χ1v) is 15.8. The standard InChI is InChI=1S/C21H24FN3O3.C13H9F2NO3/c1-23-6-2-3-12-9-24(11-19(12)23)18-8-17-14(7-16(18)22)20(26)15(21(27)28)10-25(17)13-4-5-13;14-9-3-7-11(4-10(9)15)16(6-1-2-6)5-8(12(7)17)13(18)19/h7-8,10,12-13,19H,2-6,9,11H2,1H3,(H,27,28);3-6H,1-2H2,(H,18,19). The van der Waals surface area contributed by atoms with Gasteiger partial charge in [-0.25, -0.2) is 22.8 Å². The van der Waals surface area contributed by atoms with Gasteiger partial charge in [-0.05, 0) is 76.2 Å². The zero-order valence-corrected chi connectivity index (χ0v) is 25.6. The van der Waals surface area contributed by atoms with E-state index < -0.39 is 45.8 Å². The molecular formula is C34H33F3N4O6. The number of halogens is 3. The summed E-state index contributed by atoms with van der Waals surface area (Å²) in [4.78, 5) is 51.5. The second-order valence-electron chi connectivity index (χ2n) is 13.1. The van der Waals surface area contributed by atoms with Crippen LogP contribution in [-0.4, -0.2) is 68.9 Å². The molecule has 2 unspecified atom stereocenters. The molecule has 2 aliphatic carbocycles. The first-order valence-electron chi connectivity index (χ1n) is 15.8. The number of aromatic carboxylic acids is 2. The summed E-state index contributed by atoms with van der Waals surface area (Å²) in [7, 11) is 2.13. The Balaban J connectivity index is 0.000000161. The van der Waals surface area contributed by atoms with E-state index in [-0.39, 0.29) is 33.9 Å².